The molecule has 1 fully saturated rings. The molecule has 0 atom stereocenters. The summed E-state index contributed by atoms with van der Waals surface area (Å²) >= 11 is 0. The van der Waals surface area contributed by atoms with Crippen molar-refractivity contribution in [1.29, 1.82) is 0 Å². The molecule has 2 rings (SSSR count). The van der Waals surface area contributed by atoms with Crippen LogP contribution in [0.15, 0.2) is 0 Å². The molecule has 0 unspecified atom stereocenters. The van der Waals surface area contributed by atoms with Gasteiger partial charge in [0, 0.05) is 52.4 Å². The smallest absolute Gasteiger partial charge is 0.307 e. The van der Waals surface area contributed by atoms with Crippen LogP contribution in [-0.2, 0) is 38.1 Å². The van der Waals surface area contributed by atoms with Crippen LogP contribution >= 0.6 is 0 Å². The summed E-state index contributed by atoms with van der Waals surface area (Å²) in [5.74, 6) is 0.636. The fourth-order valence-corrected chi connectivity index (χ4v) is 12.2. The van der Waals surface area contributed by atoms with Crippen LogP contribution in [0.1, 0.15) is 342 Å². The second-order valence-electron chi connectivity index (χ2n) is 27.0. The van der Waals surface area contributed by atoms with Gasteiger partial charge >= 0.3 is 23.9 Å². The summed E-state index contributed by atoms with van der Waals surface area (Å²) in [6.45, 7) is 19.1. The first-order valence-electron chi connectivity index (χ1n) is 39.5. The number of likely N-dealkylation sites (tertiary alicyclic amines) is 1. The minimum absolute atomic E-state index is 0.194. The normalized spacial score (nSPS) is 12.6. The number of ether oxygens (including phenoxy) is 4. The molecule has 2 heterocycles. The van der Waals surface area contributed by atoms with Crippen molar-refractivity contribution in [3.63, 3.8) is 0 Å². The van der Waals surface area contributed by atoms with E-state index in [2.05, 4.69) is 58.3 Å². The van der Waals surface area contributed by atoms with Crippen LogP contribution in [0.3, 0.4) is 0 Å². The standard InChI is InChI=1S/C76H145N9O8/c1-5-9-13-17-21-25-29-33-37-44-66-90-70(86)50-61-84(62-51-71(87)91-67-45-38-34-30-26-22-18-14-10-6-2)59-48-54-77-74-80-75(82-76(81-74)79-56-65-83-57-42-41-43-58-83)78-55-49-60-85(63-52-72(88)92-68-46-39-35-31-27-23-19-15-11-7-3)64-53-73(89)93-69-47-40-36-32-28-24-20-16-12-8-4/h5-69H2,1-4H3,(H3,77,78,79,80,81,82). The summed E-state index contributed by atoms with van der Waals surface area (Å²) in [7, 11) is 0. The highest BCUT2D eigenvalue weighted by atomic mass is 16.5. The average Bonchev–Trinajstić information content (AvgIpc) is 3.74. The molecule has 0 bridgehead atoms. The molecule has 17 heteroatoms. The molecule has 1 aromatic rings. The van der Waals surface area contributed by atoms with E-state index in [0.29, 0.717) is 103 Å². The minimum atomic E-state index is -0.194. The summed E-state index contributed by atoms with van der Waals surface area (Å²) in [6.07, 6.45) is 55.5. The van der Waals surface area contributed by atoms with Gasteiger partial charge in [-0.25, -0.2) is 0 Å². The van der Waals surface area contributed by atoms with E-state index in [-0.39, 0.29) is 49.6 Å². The van der Waals surface area contributed by atoms with Gasteiger partial charge in [-0.3, -0.25) is 19.2 Å². The summed E-state index contributed by atoms with van der Waals surface area (Å²) in [4.78, 5) is 73.3. The number of carbonyl (C=O) groups is 4. The molecule has 17 nitrogen and oxygen atoms in total. The quantitative estimate of drug-likeness (QED) is 0.0317. The molecule has 93 heavy (non-hydrogen) atoms. The zero-order valence-electron chi connectivity index (χ0n) is 60.9. The first-order valence-corrected chi connectivity index (χ1v) is 39.5. The molecule has 0 aromatic carbocycles. The van der Waals surface area contributed by atoms with Crippen molar-refractivity contribution in [3.8, 4) is 0 Å². The third-order valence-electron chi connectivity index (χ3n) is 18.2. The molecular weight excluding hydrogens is 1170 g/mol. The van der Waals surface area contributed by atoms with Gasteiger partial charge in [0.2, 0.25) is 17.8 Å². The van der Waals surface area contributed by atoms with Crippen LogP contribution in [0.5, 0.6) is 0 Å². The molecule has 0 saturated carbocycles. The highest BCUT2D eigenvalue weighted by Gasteiger charge is 2.17. The van der Waals surface area contributed by atoms with Crippen molar-refractivity contribution < 1.29 is 38.1 Å². The number of unbranched alkanes of at least 4 members (excludes halogenated alkanes) is 36. The van der Waals surface area contributed by atoms with Gasteiger partial charge in [0.15, 0.2) is 0 Å². The highest BCUT2D eigenvalue weighted by Crippen LogP contribution is 2.17. The Bertz CT molecular complexity index is 1660. The van der Waals surface area contributed by atoms with Gasteiger partial charge in [0.25, 0.3) is 0 Å². The minimum Gasteiger partial charge on any atom is -0.466 e. The predicted molar refractivity (Wildman–Crippen MR) is 387 cm³/mol. The monoisotopic (exact) mass is 1310 g/mol. The number of aromatic nitrogens is 3. The number of carbonyl (C=O) groups excluding carboxylic acids is 4. The summed E-state index contributed by atoms with van der Waals surface area (Å²) in [5.41, 5.74) is 0. The maximum atomic E-state index is 13.0. The Kier molecular flexibility index (Phi) is 60.0. The Morgan fingerprint density at radius 2 is 0.548 bits per heavy atom. The van der Waals surface area contributed by atoms with E-state index in [0.717, 1.165) is 83.8 Å². The van der Waals surface area contributed by atoms with E-state index in [1.54, 1.807) is 0 Å². The van der Waals surface area contributed by atoms with E-state index in [1.165, 1.54) is 225 Å². The van der Waals surface area contributed by atoms with Crippen LogP contribution in [0.2, 0.25) is 0 Å². The molecule has 1 aromatic heterocycles. The van der Waals surface area contributed by atoms with Crippen molar-refractivity contribution in [2.24, 2.45) is 0 Å². The Labute approximate surface area is 570 Å². The summed E-state index contributed by atoms with van der Waals surface area (Å²) in [6, 6.07) is 0. The lowest BCUT2D eigenvalue weighted by Crippen LogP contribution is -2.34. The molecule has 1 saturated heterocycles. The summed E-state index contributed by atoms with van der Waals surface area (Å²) in [5, 5.41) is 10.4. The Hall–Kier alpha value is -3.83. The molecule has 542 valence electrons. The third kappa shape index (κ3) is 56.0. The van der Waals surface area contributed by atoms with E-state index >= 15 is 0 Å². The Morgan fingerprint density at radius 1 is 0.312 bits per heavy atom. The number of hydrogen-bond donors (Lipinski definition) is 3. The van der Waals surface area contributed by atoms with E-state index in [4.69, 9.17) is 33.9 Å². The lowest BCUT2D eigenvalue weighted by molar-refractivity contribution is -0.146. The second kappa shape index (κ2) is 65.5. The van der Waals surface area contributed by atoms with Crippen LogP contribution in [0, 0.1) is 0 Å². The molecule has 0 radical (unpaired) electrons. The Balaban J connectivity index is 2.03. The molecular formula is C76H145N9O8. The molecule has 0 spiro atoms. The van der Waals surface area contributed by atoms with E-state index in [9.17, 15) is 19.2 Å². The van der Waals surface area contributed by atoms with Gasteiger partial charge < -0.3 is 49.6 Å². The topological polar surface area (TPSA) is 190 Å². The average molecular weight is 1310 g/mol. The lowest BCUT2D eigenvalue weighted by Gasteiger charge is -2.26. The zero-order chi connectivity index (χ0) is 66.8. The van der Waals surface area contributed by atoms with Crippen LogP contribution < -0.4 is 16.0 Å². The largest absolute Gasteiger partial charge is 0.466 e. The van der Waals surface area contributed by atoms with Crippen LogP contribution in [0.25, 0.3) is 0 Å². The van der Waals surface area contributed by atoms with Crippen molar-refractivity contribution in [1.82, 2.24) is 29.7 Å². The molecule has 0 amide bonds. The van der Waals surface area contributed by atoms with Crippen LogP contribution in [-0.4, -0.2) is 158 Å². The summed E-state index contributed by atoms with van der Waals surface area (Å²) < 4.78 is 22.8. The van der Waals surface area contributed by atoms with Gasteiger partial charge in [-0.05, 0) is 77.5 Å². The SMILES string of the molecule is CCCCCCCCCCCCOC(=O)CCN(CCCNc1nc(NCCCN(CCC(=O)OCCCCCCCCCCCC)CCC(=O)OCCCCCCCCCCCC)nc(NCCN2CCCCC2)n1)CCC(=O)OCCCCCCCCCCCC. The number of hydrogen-bond acceptors (Lipinski definition) is 17. The fourth-order valence-electron chi connectivity index (χ4n) is 12.2. The fraction of sp³-hybridized carbons (Fsp3) is 0.908. The second-order valence-corrected chi connectivity index (χ2v) is 27.0. The number of esters is 4. The zero-order valence-corrected chi connectivity index (χ0v) is 60.9. The Morgan fingerprint density at radius 3 is 0.806 bits per heavy atom. The number of nitrogens with one attached hydrogen (secondary N) is 3. The molecule has 1 aliphatic rings. The number of piperidine rings is 1. The molecule has 1 aliphatic heterocycles. The maximum absolute atomic E-state index is 13.0. The highest BCUT2D eigenvalue weighted by molar-refractivity contribution is 5.71. The van der Waals surface area contributed by atoms with E-state index < -0.39 is 0 Å². The van der Waals surface area contributed by atoms with Gasteiger partial charge in [-0.1, -0.05) is 265 Å². The van der Waals surface area contributed by atoms with Crippen molar-refractivity contribution in [3.05, 3.63) is 0 Å². The first-order chi connectivity index (χ1) is 45.8. The first kappa shape index (κ1) is 85.3. The van der Waals surface area contributed by atoms with Crippen molar-refractivity contribution in [2.45, 2.75) is 342 Å². The number of anilines is 3. The maximum Gasteiger partial charge on any atom is 0.307 e. The van der Waals surface area contributed by atoms with E-state index in [1.807, 2.05) is 0 Å². The third-order valence-corrected chi connectivity index (χ3v) is 18.2. The lowest BCUT2D eigenvalue weighted by atomic mass is 10.1. The molecule has 0 aliphatic carbocycles. The van der Waals surface area contributed by atoms with Crippen molar-refractivity contribution in [2.75, 3.05) is 121 Å². The number of nitrogens with zero attached hydrogens (tertiary/aromatic N) is 6. The van der Waals surface area contributed by atoms with Gasteiger partial charge in [-0.15, -0.1) is 0 Å². The van der Waals surface area contributed by atoms with Gasteiger partial charge in [-0.2, -0.15) is 15.0 Å². The predicted octanol–water partition coefficient (Wildman–Crippen LogP) is 18.4. The number of rotatable bonds is 70. The van der Waals surface area contributed by atoms with Crippen molar-refractivity contribution >= 4 is 41.7 Å². The molecule has 3 N–H and O–H groups in total. The van der Waals surface area contributed by atoms with Crippen LogP contribution in [0.4, 0.5) is 17.8 Å². The van der Waals surface area contributed by atoms with Gasteiger partial charge in [0.05, 0.1) is 52.1 Å². The van der Waals surface area contributed by atoms with Gasteiger partial charge in [0.1, 0.15) is 0 Å².